The molecule has 27 heavy (non-hydrogen) atoms. The number of furan rings is 1. The van der Waals surface area contributed by atoms with Crippen molar-refractivity contribution in [3.05, 3.63) is 52.9 Å². The Morgan fingerprint density at radius 1 is 1.26 bits per heavy atom. The van der Waals surface area contributed by atoms with Crippen LogP contribution in [0.2, 0.25) is 5.02 Å². The van der Waals surface area contributed by atoms with Crippen molar-refractivity contribution in [3.63, 3.8) is 0 Å². The lowest BCUT2D eigenvalue weighted by Gasteiger charge is -2.28. The van der Waals surface area contributed by atoms with Gasteiger partial charge in [-0.3, -0.25) is 0 Å². The lowest BCUT2D eigenvalue weighted by Crippen LogP contribution is -3.14. The van der Waals surface area contributed by atoms with Crippen LogP contribution in [0, 0.1) is 6.92 Å². The van der Waals surface area contributed by atoms with Crippen molar-refractivity contribution >= 4 is 34.6 Å². The number of nitrogens with zero attached hydrogens (tertiary/aromatic N) is 1. The van der Waals surface area contributed by atoms with Crippen molar-refractivity contribution in [1.29, 1.82) is 0 Å². The number of ether oxygens (including phenoxy) is 1. The van der Waals surface area contributed by atoms with Crippen LogP contribution in [0.5, 0.6) is 0 Å². The Kier molecular flexibility index (Phi) is 7.52. The SMILES string of the molecule is Cc1c(Cl)cccc1NC(=S)N(CCC[NH+]1CCOCC1)Cc1ccco1. The van der Waals surface area contributed by atoms with Gasteiger partial charge >= 0.3 is 0 Å². The van der Waals surface area contributed by atoms with E-state index in [4.69, 9.17) is 33.0 Å². The Bertz CT molecular complexity index is 733. The van der Waals surface area contributed by atoms with Gasteiger partial charge in [0.25, 0.3) is 0 Å². The van der Waals surface area contributed by atoms with E-state index in [9.17, 15) is 0 Å². The highest BCUT2D eigenvalue weighted by atomic mass is 35.5. The summed E-state index contributed by atoms with van der Waals surface area (Å²) in [4.78, 5) is 3.76. The van der Waals surface area contributed by atoms with E-state index in [2.05, 4.69) is 10.2 Å². The molecule has 1 fully saturated rings. The lowest BCUT2D eigenvalue weighted by molar-refractivity contribution is -0.908. The van der Waals surface area contributed by atoms with Crippen molar-refractivity contribution < 1.29 is 14.1 Å². The lowest BCUT2D eigenvalue weighted by atomic mass is 10.2. The van der Waals surface area contributed by atoms with Gasteiger partial charge in [-0.05, 0) is 49.0 Å². The number of morpholine rings is 1. The largest absolute Gasteiger partial charge is 0.467 e. The average Bonchev–Trinajstić information content (AvgIpc) is 3.19. The van der Waals surface area contributed by atoms with E-state index < -0.39 is 0 Å². The standard InChI is InChI=1S/C20H26ClN3O2S/c1-16-18(21)6-2-7-19(16)22-20(27)24(15-17-5-3-12-26-17)9-4-8-23-10-13-25-14-11-23/h2-3,5-7,12H,4,8-11,13-15H2,1H3,(H,22,27)/p+1. The van der Waals surface area contributed by atoms with E-state index >= 15 is 0 Å². The highest BCUT2D eigenvalue weighted by molar-refractivity contribution is 7.80. The van der Waals surface area contributed by atoms with Crippen LogP contribution in [0.3, 0.4) is 0 Å². The number of hydrogen-bond donors (Lipinski definition) is 2. The second-order valence-electron chi connectivity index (χ2n) is 6.81. The highest BCUT2D eigenvalue weighted by Gasteiger charge is 2.17. The molecule has 0 atom stereocenters. The minimum Gasteiger partial charge on any atom is -0.467 e. The monoisotopic (exact) mass is 408 g/mol. The van der Waals surface area contributed by atoms with Gasteiger partial charge in [-0.2, -0.15) is 0 Å². The smallest absolute Gasteiger partial charge is 0.173 e. The number of benzene rings is 1. The fraction of sp³-hybridized carbons (Fsp3) is 0.450. The third-order valence-corrected chi connectivity index (χ3v) is 5.65. The summed E-state index contributed by atoms with van der Waals surface area (Å²) in [6.45, 7) is 8.53. The Hall–Kier alpha value is -1.60. The molecule has 1 aliphatic heterocycles. The molecule has 5 nitrogen and oxygen atoms in total. The number of nitrogens with one attached hydrogen (secondary N) is 2. The molecule has 2 heterocycles. The summed E-state index contributed by atoms with van der Waals surface area (Å²) in [6.07, 6.45) is 2.76. The molecule has 1 aliphatic rings. The Labute approximate surface area is 171 Å². The zero-order chi connectivity index (χ0) is 19.1. The summed E-state index contributed by atoms with van der Waals surface area (Å²) in [7, 11) is 0. The third kappa shape index (κ3) is 5.94. The number of quaternary nitrogens is 1. The van der Waals surface area contributed by atoms with Gasteiger partial charge in [0, 0.05) is 23.7 Å². The molecule has 0 saturated carbocycles. The summed E-state index contributed by atoms with van der Waals surface area (Å²) >= 11 is 11.9. The first-order valence-corrected chi connectivity index (χ1v) is 10.2. The molecule has 2 aromatic rings. The number of rotatable bonds is 7. The molecule has 0 aliphatic carbocycles. The maximum Gasteiger partial charge on any atom is 0.173 e. The summed E-state index contributed by atoms with van der Waals surface area (Å²) in [6, 6.07) is 9.70. The van der Waals surface area contributed by atoms with Crippen LogP contribution < -0.4 is 10.2 Å². The van der Waals surface area contributed by atoms with Gasteiger partial charge in [-0.1, -0.05) is 17.7 Å². The van der Waals surface area contributed by atoms with E-state index in [0.717, 1.165) is 67.8 Å². The Morgan fingerprint density at radius 2 is 2.07 bits per heavy atom. The van der Waals surface area contributed by atoms with Gasteiger partial charge < -0.3 is 24.3 Å². The van der Waals surface area contributed by atoms with E-state index in [-0.39, 0.29) is 0 Å². The van der Waals surface area contributed by atoms with Crippen molar-refractivity contribution in [2.45, 2.75) is 19.9 Å². The quantitative estimate of drug-likeness (QED) is 0.689. The van der Waals surface area contributed by atoms with Gasteiger partial charge in [-0.25, -0.2) is 0 Å². The van der Waals surface area contributed by atoms with Crippen LogP contribution >= 0.6 is 23.8 Å². The maximum atomic E-state index is 6.24. The summed E-state index contributed by atoms with van der Waals surface area (Å²) in [5.74, 6) is 0.903. The van der Waals surface area contributed by atoms with Crippen LogP contribution in [-0.2, 0) is 11.3 Å². The second-order valence-corrected chi connectivity index (χ2v) is 7.60. The molecule has 0 spiro atoms. The van der Waals surface area contributed by atoms with Crippen molar-refractivity contribution in [3.8, 4) is 0 Å². The number of hydrogen-bond acceptors (Lipinski definition) is 3. The van der Waals surface area contributed by atoms with E-state index in [0.29, 0.717) is 11.7 Å². The molecule has 1 saturated heterocycles. The summed E-state index contributed by atoms with van der Waals surface area (Å²) in [5.41, 5.74) is 1.94. The molecule has 7 heteroatoms. The number of halogens is 1. The summed E-state index contributed by atoms with van der Waals surface area (Å²) < 4.78 is 11.0. The van der Waals surface area contributed by atoms with Crippen LogP contribution in [-0.4, -0.2) is 49.4 Å². The zero-order valence-electron chi connectivity index (χ0n) is 15.7. The van der Waals surface area contributed by atoms with E-state index in [1.807, 2.05) is 37.3 Å². The zero-order valence-corrected chi connectivity index (χ0v) is 17.2. The van der Waals surface area contributed by atoms with Crippen molar-refractivity contribution in [2.75, 3.05) is 44.7 Å². The molecule has 0 radical (unpaired) electrons. The third-order valence-electron chi connectivity index (χ3n) is 4.88. The van der Waals surface area contributed by atoms with Gasteiger partial charge in [0.2, 0.25) is 0 Å². The predicted molar refractivity (Wildman–Crippen MR) is 113 cm³/mol. The van der Waals surface area contributed by atoms with Crippen molar-refractivity contribution in [1.82, 2.24) is 4.90 Å². The predicted octanol–water partition coefficient (Wildman–Crippen LogP) is 2.75. The molecule has 0 amide bonds. The van der Waals surface area contributed by atoms with Crippen LogP contribution in [0.25, 0.3) is 0 Å². The highest BCUT2D eigenvalue weighted by Crippen LogP contribution is 2.23. The van der Waals surface area contributed by atoms with E-state index in [1.165, 1.54) is 0 Å². The minimum atomic E-state index is 0.650. The first-order valence-electron chi connectivity index (χ1n) is 9.38. The fourth-order valence-electron chi connectivity index (χ4n) is 3.21. The molecular formula is C20H27ClN3O2S+. The van der Waals surface area contributed by atoms with Gasteiger partial charge in [-0.15, -0.1) is 0 Å². The first-order chi connectivity index (χ1) is 13.1. The molecular weight excluding hydrogens is 382 g/mol. The molecule has 2 N–H and O–H groups in total. The first kappa shape index (κ1) is 20.1. The van der Waals surface area contributed by atoms with E-state index in [1.54, 1.807) is 11.2 Å². The Morgan fingerprint density at radius 3 is 2.81 bits per heavy atom. The molecule has 3 rings (SSSR count). The molecule has 0 bridgehead atoms. The maximum absolute atomic E-state index is 6.24. The van der Waals surface area contributed by atoms with Gasteiger partial charge in [0.1, 0.15) is 18.8 Å². The summed E-state index contributed by atoms with van der Waals surface area (Å²) in [5, 5.41) is 4.78. The number of anilines is 1. The molecule has 1 aromatic heterocycles. The second kappa shape index (κ2) is 10.1. The van der Waals surface area contributed by atoms with Crippen molar-refractivity contribution in [2.24, 2.45) is 0 Å². The Balaban J connectivity index is 1.61. The number of thiocarbonyl (C=S) groups is 1. The van der Waals surface area contributed by atoms with Crippen LogP contribution in [0.15, 0.2) is 41.0 Å². The molecule has 0 unspecified atom stereocenters. The van der Waals surface area contributed by atoms with Gasteiger partial charge in [0.05, 0.1) is 32.6 Å². The average molecular weight is 409 g/mol. The normalized spacial score (nSPS) is 14.9. The van der Waals surface area contributed by atoms with Gasteiger partial charge in [0.15, 0.2) is 5.11 Å². The molecule has 1 aromatic carbocycles. The molecule has 146 valence electrons. The fourth-order valence-corrected chi connectivity index (χ4v) is 3.65. The van der Waals surface area contributed by atoms with Crippen LogP contribution in [0.4, 0.5) is 5.69 Å². The minimum absolute atomic E-state index is 0.650. The van der Waals surface area contributed by atoms with Crippen LogP contribution in [0.1, 0.15) is 17.7 Å². The topological polar surface area (TPSA) is 42.1 Å².